The van der Waals surface area contributed by atoms with Crippen LogP contribution in [-0.2, 0) is 11.2 Å². The largest absolute Gasteiger partial charge is 0.482 e. The maximum absolute atomic E-state index is 10.2. The summed E-state index contributed by atoms with van der Waals surface area (Å²) < 4.78 is 5.01. The number of ether oxygens (including phenoxy) is 1. The molecule has 0 aromatic heterocycles. The summed E-state index contributed by atoms with van der Waals surface area (Å²) in [5.74, 6) is -0.452. The molecule has 4 heteroatoms. The summed E-state index contributed by atoms with van der Waals surface area (Å²) in [5.41, 5.74) is 0.953. The van der Waals surface area contributed by atoms with Crippen LogP contribution in [0.1, 0.15) is 12.5 Å². The van der Waals surface area contributed by atoms with Crippen LogP contribution in [0.5, 0.6) is 5.75 Å². The van der Waals surface area contributed by atoms with Crippen molar-refractivity contribution < 1.29 is 14.6 Å². The van der Waals surface area contributed by atoms with E-state index >= 15 is 0 Å². The molecule has 1 rings (SSSR count). The van der Waals surface area contributed by atoms with E-state index in [1.54, 1.807) is 18.2 Å². The normalized spacial score (nSPS) is 9.86. The summed E-state index contributed by atoms with van der Waals surface area (Å²) in [6, 6.07) is 5.12. The molecule has 0 spiro atoms. The van der Waals surface area contributed by atoms with Gasteiger partial charge in [-0.25, -0.2) is 4.79 Å². The number of rotatable bonds is 4. The number of hydrogen-bond acceptors (Lipinski definition) is 2. The van der Waals surface area contributed by atoms with Crippen molar-refractivity contribution in [3.63, 3.8) is 0 Å². The van der Waals surface area contributed by atoms with Crippen LogP contribution in [0, 0.1) is 0 Å². The van der Waals surface area contributed by atoms with Crippen molar-refractivity contribution >= 4 is 17.6 Å². The topological polar surface area (TPSA) is 46.5 Å². The van der Waals surface area contributed by atoms with Crippen LogP contribution in [0.25, 0.3) is 0 Å². The van der Waals surface area contributed by atoms with Crippen LogP contribution in [0.4, 0.5) is 0 Å². The van der Waals surface area contributed by atoms with Gasteiger partial charge >= 0.3 is 5.97 Å². The summed E-state index contributed by atoms with van der Waals surface area (Å²) in [7, 11) is 0. The molecule has 76 valence electrons. The molecule has 14 heavy (non-hydrogen) atoms. The van der Waals surface area contributed by atoms with E-state index in [0.29, 0.717) is 10.8 Å². The van der Waals surface area contributed by atoms with Crippen LogP contribution < -0.4 is 4.74 Å². The fraction of sp³-hybridized carbons (Fsp3) is 0.300. The van der Waals surface area contributed by atoms with Crippen molar-refractivity contribution in [1.29, 1.82) is 0 Å². The first-order chi connectivity index (χ1) is 6.63. The van der Waals surface area contributed by atoms with Gasteiger partial charge in [-0.3, -0.25) is 0 Å². The third-order valence-electron chi connectivity index (χ3n) is 1.76. The van der Waals surface area contributed by atoms with Crippen molar-refractivity contribution in [3.05, 3.63) is 28.8 Å². The number of aryl methyl sites for hydroxylation is 1. The molecule has 0 aliphatic heterocycles. The van der Waals surface area contributed by atoms with E-state index in [0.717, 1.165) is 12.0 Å². The smallest absolute Gasteiger partial charge is 0.341 e. The van der Waals surface area contributed by atoms with E-state index in [1.807, 2.05) is 6.92 Å². The molecule has 0 amide bonds. The quantitative estimate of drug-likeness (QED) is 0.837. The lowest BCUT2D eigenvalue weighted by atomic mass is 10.1. The Kier molecular flexibility index (Phi) is 3.77. The lowest BCUT2D eigenvalue weighted by Gasteiger charge is -2.06. The van der Waals surface area contributed by atoms with Gasteiger partial charge in [0.2, 0.25) is 0 Å². The highest BCUT2D eigenvalue weighted by molar-refractivity contribution is 6.31. The monoisotopic (exact) mass is 214 g/mol. The van der Waals surface area contributed by atoms with Gasteiger partial charge in [0, 0.05) is 5.02 Å². The zero-order valence-electron chi connectivity index (χ0n) is 7.79. The molecule has 1 N–H and O–H groups in total. The van der Waals surface area contributed by atoms with Crippen molar-refractivity contribution in [2.75, 3.05) is 6.61 Å². The Balaban J connectivity index is 2.74. The number of carboxylic acids is 1. The van der Waals surface area contributed by atoms with Gasteiger partial charge in [-0.05, 0) is 30.2 Å². The van der Waals surface area contributed by atoms with Crippen molar-refractivity contribution in [2.24, 2.45) is 0 Å². The molecule has 3 nitrogen and oxygen atoms in total. The first-order valence-electron chi connectivity index (χ1n) is 4.26. The highest BCUT2D eigenvalue weighted by Crippen LogP contribution is 2.22. The lowest BCUT2D eigenvalue weighted by molar-refractivity contribution is -0.139. The minimum absolute atomic E-state index is 0.329. The van der Waals surface area contributed by atoms with Crippen LogP contribution in [-0.4, -0.2) is 17.7 Å². The maximum Gasteiger partial charge on any atom is 0.341 e. The molecule has 0 bridgehead atoms. The number of benzene rings is 1. The molecule has 0 aliphatic carbocycles. The van der Waals surface area contributed by atoms with Crippen molar-refractivity contribution in [1.82, 2.24) is 0 Å². The summed E-state index contributed by atoms with van der Waals surface area (Å²) in [5, 5.41) is 9.08. The number of halogens is 1. The predicted octanol–water partition coefficient (Wildman–Crippen LogP) is 2.37. The summed E-state index contributed by atoms with van der Waals surface area (Å²) >= 11 is 5.89. The molecule has 0 atom stereocenters. The van der Waals surface area contributed by atoms with Crippen LogP contribution in [0.2, 0.25) is 5.02 Å². The minimum Gasteiger partial charge on any atom is -0.482 e. The van der Waals surface area contributed by atoms with E-state index in [-0.39, 0.29) is 6.61 Å². The molecule has 0 fully saturated rings. The van der Waals surface area contributed by atoms with E-state index in [4.69, 9.17) is 21.4 Å². The highest BCUT2D eigenvalue weighted by atomic mass is 35.5. The average Bonchev–Trinajstić information content (AvgIpc) is 2.16. The van der Waals surface area contributed by atoms with Crippen molar-refractivity contribution in [3.8, 4) is 5.75 Å². The van der Waals surface area contributed by atoms with Crippen molar-refractivity contribution in [2.45, 2.75) is 13.3 Å². The highest BCUT2D eigenvalue weighted by Gasteiger charge is 2.02. The molecule has 0 unspecified atom stereocenters. The molecule has 1 aromatic rings. The first-order valence-corrected chi connectivity index (χ1v) is 4.64. The van der Waals surface area contributed by atoms with E-state index in [2.05, 4.69) is 0 Å². The molecule has 0 heterocycles. The molecule has 1 aromatic carbocycles. The Morgan fingerprint density at radius 2 is 2.29 bits per heavy atom. The van der Waals surface area contributed by atoms with Gasteiger partial charge in [0.15, 0.2) is 6.61 Å². The summed E-state index contributed by atoms with van der Waals surface area (Å²) in [4.78, 5) is 10.2. The lowest BCUT2D eigenvalue weighted by Crippen LogP contribution is -2.09. The zero-order chi connectivity index (χ0) is 10.6. The Bertz CT molecular complexity index is 336. The van der Waals surface area contributed by atoms with Gasteiger partial charge < -0.3 is 9.84 Å². The molecule has 0 radical (unpaired) electrons. The molecule has 0 saturated heterocycles. The Hall–Kier alpha value is -1.22. The molecular weight excluding hydrogens is 204 g/mol. The van der Waals surface area contributed by atoms with Crippen LogP contribution in [0.15, 0.2) is 18.2 Å². The van der Waals surface area contributed by atoms with Gasteiger partial charge in [0.25, 0.3) is 0 Å². The van der Waals surface area contributed by atoms with Crippen LogP contribution >= 0.6 is 11.6 Å². The number of carboxylic acid groups (broad SMARTS) is 1. The second-order valence-electron chi connectivity index (χ2n) is 2.79. The SMILES string of the molecule is CCc1cc(OCC(=O)O)ccc1Cl. The minimum atomic E-state index is -0.988. The third kappa shape index (κ3) is 2.92. The van der Waals surface area contributed by atoms with Gasteiger partial charge in [-0.1, -0.05) is 18.5 Å². The van der Waals surface area contributed by atoms with E-state index < -0.39 is 5.97 Å². The van der Waals surface area contributed by atoms with Gasteiger partial charge in [-0.15, -0.1) is 0 Å². The number of aliphatic carboxylic acids is 1. The summed E-state index contributed by atoms with van der Waals surface area (Å²) in [6.07, 6.45) is 0.795. The number of carbonyl (C=O) groups is 1. The Morgan fingerprint density at radius 3 is 2.86 bits per heavy atom. The second kappa shape index (κ2) is 4.86. The van der Waals surface area contributed by atoms with E-state index in [9.17, 15) is 4.79 Å². The first kappa shape index (κ1) is 10.9. The van der Waals surface area contributed by atoms with Gasteiger partial charge in [-0.2, -0.15) is 0 Å². The zero-order valence-corrected chi connectivity index (χ0v) is 8.54. The fourth-order valence-electron chi connectivity index (χ4n) is 1.06. The average molecular weight is 215 g/mol. The molecule has 0 saturated carbocycles. The van der Waals surface area contributed by atoms with Crippen LogP contribution in [0.3, 0.4) is 0 Å². The fourth-order valence-corrected chi connectivity index (χ4v) is 1.31. The standard InChI is InChI=1S/C10H11ClO3/c1-2-7-5-8(3-4-9(7)11)14-6-10(12)13/h3-5H,2,6H2,1H3,(H,12,13). The maximum atomic E-state index is 10.2. The Morgan fingerprint density at radius 1 is 1.57 bits per heavy atom. The van der Waals surface area contributed by atoms with Gasteiger partial charge in [0.05, 0.1) is 0 Å². The molecule has 0 aliphatic rings. The molecular formula is C10H11ClO3. The van der Waals surface area contributed by atoms with Gasteiger partial charge in [0.1, 0.15) is 5.75 Å². The predicted molar refractivity (Wildman–Crippen MR) is 54.0 cm³/mol. The number of hydrogen-bond donors (Lipinski definition) is 1. The summed E-state index contributed by atoms with van der Waals surface area (Å²) in [6.45, 7) is 1.65. The van der Waals surface area contributed by atoms with E-state index in [1.165, 1.54) is 0 Å². The Labute approximate surface area is 87.3 Å². The second-order valence-corrected chi connectivity index (χ2v) is 3.20. The third-order valence-corrected chi connectivity index (χ3v) is 2.13.